The molecule has 3 heteroatoms. The third kappa shape index (κ3) is 8.92. The van der Waals surface area contributed by atoms with Crippen LogP contribution < -0.4 is 0 Å². The molecule has 74 valence electrons. The summed E-state index contributed by atoms with van der Waals surface area (Å²) in [6.45, 7) is 3.54. The van der Waals surface area contributed by atoms with E-state index >= 15 is 0 Å². The molecule has 0 aliphatic carbocycles. The van der Waals surface area contributed by atoms with Crippen LogP contribution in [0.2, 0.25) is 0 Å². The van der Waals surface area contributed by atoms with Gasteiger partial charge in [0.15, 0.2) is 0 Å². The summed E-state index contributed by atoms with van der Waals surface area (Å²) < 4.78 is 35.0. The molecule has 0 aromatic carbocycles. The second kappa shape index (κ2) is 5.62. The van der Waals surface area contributed by atoms with Gasteiger partial charge in [-0.2, -0.15) is 13.2 Å². The molecule has 0 aliphatic rings. The summed E-state index contributed by atoms with van der Waals surface area (Å²) in [5, 5.41) is 0. The van der Waals surface area contributed by atoms with Crippen molar-refractivity contribution in [1.29, 1.82) is 0 Å². The quantitative estimate of drug-likeness (QED) is 0.468. The molecule has 0 rings (SSSR count). The first-order valence-electron chi connectivity index (χ1n) is 4.01. The van der Waals surface area contributed by atoms with E-state index in [9.17, 15) is 13.2 Å². The normalized spacial score (nSPS) is 16.4. The number of allylic oxidation sites excluding steroid dienone is 6. The minimum atomic E-state index is -4.21. The van der Waals surface area contributed by atoms with E-state index < -0.39 is 6.18 Å². The van der Waals surface area contributed by atoms with Crippen molar-refractivity contribution < 1.29 is 13.2 Å². The van der Waals surface area contributed by atoms with Gasteiger partial charge in [0.2, 0.25) is 0 Å². The summed E-state index contributed by atoms with van der Waals surface area (Å²) >= 11 is 0. The fraction of sp³-hybridized carbons (Fsp3) is 0.400. The Bertz CT molecular complexity index is 209. The highest BCUT2D eigenvalue weighted by Gasteiger charge is 2.21. The highest BCUT2D eigenvalue weighted by Crippen LogP contribution is 2.17. The predicted molar refractivity (Wildman–Crippen MR) is 48.3 cm³/mol. The molecule has 0 spiro atoms. The van der Waals surface area contributed by atoms with Gasteiger partial charge in [-0.1, -0.05) is 37.3 Å². The van der Waals surface area contributed by atoms with Gasteiger partial charge < -0.3 is 0 Å². The van der Waals surface area contributed by atoms with Gasteiger partial charge in [0.1, 0.15) is 0 Å². The van der Waals surface area contributed by atoms with E-state index in [1.165, 1.54) is 0 Å². The van der Waals surface area contributed by atoms with Crippen molar-refractivity contribution in [2.45, 2.75) is 20.0 Å². The van der Waals surface area contributed by atoms with Gasteiger partial charge in [-0.25, -0.2) is 0 Å². The molecule has 13 heavy (non-hydrogen) atoms. The lowest BCUT2D eigenvalue weighted by molar-refractivity contribution is -0.0801. The van der Waals surface area contributed by atoms with E-state index in [1.54, 1.807) is 25.2 Å². The summed E-state index contributed by atoms with van der Waals surface area (Å²) in [6, 6.07) is 0. The van der Waals surface area contributed by atoms with Gasteiger partial charge in [-0.05, 0) is 12.8 Å². The van der Waals surface area contributed by atoms with Crippen LogP contribution >= 0.6 is 0 Å². The van der Waals surface area contributed by atoms with Crippen LogP contribution in [0, 0.1) is 5.92 Å². The second-order valence-corrected chi connectivity index (χ2v) is 2.67. The van der Waals surface area contributed by atoms with Crippen molar-refractivity contribution in [1.82, 2.24) is 0 Å². The number of alkyl halides is 3. The number of hydrogen-bond donors (Lipinski definition) is 0. The van der Waals surface area contributed by atoms with Gasteiger partial charge in [-0.15, -0.1) is 0 Å². The highest BCUT2D eigenvalue weighted by molar-refractivity contribution is 5.07. The Morgan fingerprint density at radius 3 is 2.15 bits per heavy atom. The second-order valence-electron chi connectivity index (χ2n) is 2.67. The van der Waals surface area contributed by atoms with Crippen molar-refractivity contribution >= 4 is 0 Å². The molecule has 0 nitrogen and oxygen atoms in total. The van der Waals surface area contributed by atoms with Crippen LogP contribution in [0.4, 0.5) is 13.2 Å². The van der Waals surface area contributed by atoms with Crippen LogP contribution in [0.15, 0.2) is 36.5 Å². The Labute approximate surface area is 76.5 Å². The topological polar surface area (TPSA) is 0 Å². The standard InChI is InChI=1S/C10H13F3/c1-3-4-5-6-9(2)7-8-10(11,12)13/h3-9H,1-2H3/b4-3-,6-5?,8-7+. The van der Waals surface area contributed by atoms with Crippen LogP contribution in [0.25, 0.3) is 0 Å². The van der Waals surface area contributed by atoms with Crippen LogP contribution in [0.5, 0.6) is 0 Å². The van der Waals surface area contributed by atoms with Crippen molar-refractivity contribution in [2.75, 3.05) is 0 Å². The molecule has 0 fully saturated rings. The minimum Gasteiger partial charge on any atom is -0.167 e. The lowest BCUT2D eigenvalue weighted by Crippen LogP contribution is -2.01. The van der Waals surface area contributed by atoms with Gasteiger partial charge in [0.05, 0.1) is 0 Å². The molecule has 0 aromatic heterocycles. The largest absolute Gasteiger partial charge is 0.409 e. The Hall–Kier alpha value is -0.990. The van der Waals surface area contributed by atoms with E-state index in [-0.39, 0.29) is 12.0 Å². The van der Waals surface area contributed by atoms with E-state index in [4.69, 9.17) is 0 Å². The van der Waals surface area contributed by atoms with Crippen molar-refractivity contribution in [3.8, 4) is 0 Å². The zero-order valence-corrected chi connectivity index (χ0v) is 7.68. The van der Waals surface area contributed by atoms with Crippen LogP contribution in [-0.4, -0.2) is 6.18 Å². The molecule has 0 saturated carbocycles. The van der Waals surface area contributed by atoms with Crippen LogP contribution in [-0.2, 0) is 0 Å². The zero-order valence-electron chi connectivity index (χ0n) is 7.68. The fourth-order valence-corrected chi connectivity index (χ4v) is 0.676. The molecule has 1 unspecified atom stereocenters. The van der Waals surface area contributed by atoms with Gasteiger partial charge in [0, 0.05) is 6.08 Å². The maximum atomic E-state index is 11.7. The lowest BCUT2D eigenvalue weighted by atomic mass is 10.1. The maximum Gasteiger partial charge on any atom is 0.409 e. The monoisotopic (exact) mass is 190 g/mol. The molecule has 0 bridgehead atoms. The molecule has 0 amide bonds. The Balaban J connectivity index is 4.01. The Morgan fingerprint density at radius 1 is 1.08 bits per heavy atom. The summed E-state index contributed by atoms with van der Waals surface area (Å²) in [4.78, 5) is 0. The fourth-order valence-electron chi connectivity index (χ4n) is 0.676. The van der Waals surface area contributed by atoms with E-state index in [0.717, 1.165) is 6.08 Å². The first-order valence-corrected chi connectivity index (χ1v) is 4.01. The molecule has 0 radical (unpaired) electrons. The number of rotatable bonds is 3. The molecule has 0 heterocycles. The maximum absolute atomic E-state index is 11.7. The molecule has 0 saturated heterocycles. The molecule has 0 aromatic rings. The van der Waals surface area contributed by atoms with Crippen molar-refractivity contribution in [3.63, 3.8) is 0 Å². The third-order valence-corrected chi connectivity index (χ3v) is 1.31. The molecule has 1 atom stereocenters. The summed E-state index contributed by atoms with van der Waals surface area (Å²) in [7, 11) is 0. The lowest BCUT2D eigenvalue weighted by Gasteiger charge is -2.00. The van der Waals surface area contributed by atoms with E-state index in [2.05, 4.69) is 0 Å². The third-order valence-electron chi connectivity index (χ3n) is 1.31. The van der Waals surface area contributed by atoms with E-state index in [1.807, 2.05) is 13.0 Å². The minimum absolute atomic E-state index is 0.196. The van der Waals surface area contributed by atoms with Crippen molar-refractivity contribution in [2.24, 2.45) is 5.92 Å². The average Bonchev–Trinajstić information content (AvgIpc) is 2.00. The Kier molecular flexibility index (Phi) is 5.19. The first kappa shape index (κ1) is 12.0. The van der Waals surface area contributed by atoms with Gasteiger partial charge in [0.25, 0.3) is 0 Å². The molecule has 0 N–H and O–H groups in total. The highest BCUT2D eigenvalue weighted by atomic mass is 19.4. The van der Waals surface area contributed by atoms with E-state index in [0.29, 0.717) is 0 Å². The summed E-state index contributed by atoms with van der Waals surface area (Å²) in [5.41, 5.74) is 0. The molecular weight excluding hydrogens is 177 g/mol. The smallest absolute Gasteiger partial charge is 0.167 e. The summed E-state index contributed by atoms with van der Waals surface area (Å²) in [6.07, 6.45) is 4.20. The number of hydrogen-bond acceptors (Lipinski definition) is 0. The SMILES string of the molecule is C/C=C\C=CC(C)/C=C/C(F)(F)F. The average molecular weight is 190 g/mol. The van der Waals surface area contributed by atoms with Gasteiger partial charge >= 0.3 is 6.18 Å². The van der Waals surface area contributed by atoms with Crippen LogP contribution in [0.1, 0.15) is 13.8 Å². The first-order chi connectivity index (χ1) is 5.95. The number of halogens is 3. The molecule has 0 aliphatic heterocycles. The summed E-state index contributed by atoms with van der Waals surface area (Å²) in [5.74, 6) is -0.196. The zero-order chi connectivity index (χ0) is 10.3. The van der Waals surface area contributed by atoms with Crippen molar-refractivity contribution in [3.05, 3.63) is 36.5 Å². The molecular formula is C10H13F3. The van der Waals surface area contributed by atoms with Crippen LogP contribution in [0.3, 0.4) is 0 Å². The predicted octanol–water partition coefficient (Wildman–Crippen LogP) is 3.87. The Morgan fingerprint density at radius 2 is 1.69 bits per heavy atom. The van der Waals surface area contributed by atoms with Gasteiger partial charge in [-0.3, -0.25) is 0 Å².